The predicted octanol–water partition coefficient (Wildman–Crippen LogP) is 4.77. The molecule has 138 valence electrons. The maximum absolute atomic E-state index is 12.4. The number of rotatable bonds is 8. The molecule has 0 aliphatic carbocycles. The number of hydrogen-bond acceptors (Lipinski definition) is 3. The molecule has 2 rings (SSSR count). The van der Waals surface area contributed by atoms with Crippen molar-refractivity contribution in [3.8, 4) is 5.75 Å². The molecule has 0 spiro atoms. The summed E-state index contributed by atoms with van der Waals surface area (Å²) in [5.74, 6) is 0.492. The van der Waals surface area contributed by atoms with Crippen molar-refractivity contribution in [1.82, 2.24) is 0 Å². The van der Waals surface area contributed by atoms with Crippen LogP contribution in [0.5, 0.6) is 5.75 Å². The molecule has 26 heavy (non-hydrogen) atoms. The highest BCUT2D eigenvalue weighted by Crippen LogP contribution is 2.21. The van der Waals surface area contributed by atoms with E-state index in [9.17, 15) is 9.59 Å². The summed E-state index contributed by atoms with van der Waals surface area (Å²) < 4.78 is 5.60. The summed E-state index contributed by atoms with van der Waals surface area (Å²) in [6, 6.07) is 12.5. The van der Waals surface area contributed by atoms with Crippen LogP contribution in [0.25, 0.3) is 0 Å². The number of unbranched alkanes of at least 4 members (excludes halogenated alkanes) is 1. The molecular formula is C21H26N2O3. The minimum Gasteiger partial charge on any atom is -0.494 e. The number of ether oxygens (including phenoxy) is 1. The Bertz CT molecular complexity index is 754. The number of nitrogens with one attached hydrogen (secondary N) is 2. The van der Waals surface area contributed by atoms with E-state index in [1.165, 1.54) is 0 Å². The van der Waals surface area contributed by atoms with Gasteiger partial charge in [0.2, 0.25) is 5.91 Å². The van der Waals surface area contributed by atoms with Crippen LogP contribution in [0.2, 0.25) is 0 Å². The monoisotopic (exact) mass is 354 g/mol. The Balaban J connectivity index is 2.02. The van der Waals surface area contributed by atoms with E-state index < -0.39 is 0 Å². The van der Waals surface area contributed by atoms with E-state index in [0.29, 0.717) is 30.0 Å². The van der Waals surface area contributed by atoms with E-state index in [2.05, 4.69) is 17.6 Å². The van der Waals surface area contributed by atoms with Gasteiger partial charge in [-0.05, 0) is 55.3 Å². The van der Waals surface area contributed by atoms with Crippen molar-refractivity contribution < 1.29 is 14.3 Å². The fraction of sp³-hybridized carbons (Fsp3) is 0.333. The number of hydrogen-bond donors (Lipinski definition) is 2. The molecule has 0 fully saturated rings. The zero-order valence-corrected chi connectivity index (χ0v) is 15.6. The summed E-state index contributed by atoms with van der Waals surface area (Å²) in [7, 11) is 0. The van der Waals surface area contributed by atoms with Crippen molar-refractivity contribution in [3.05, 3.63) is 53.6 Å². The molecule has 0 aromatic heterocycles. The van der Waals surface area contributed by atoms with Crippen molar-refractivity contribution in [1.29, 1.82) is 0 Å². The van der Waals surface area contributed by atoms with Crippen molar-refractivity contribution in [2.75, 3.05) is 17.2 Å². The summed E-state index contributed by atoms with van der Waals surface area (Å²) in [5.41, 5.74) is 2.83. The van der Waals surface area contributed by atoms with E-state index >= 15 is 0 Å². The number of benzene rings is 2. The molecule has 0 aliphatic heterocycles. The molecule has 2 aromatic rings. The molecule has 2 N–H and O–H groups in total. The van der Waals surface area contributed by atoms with Gasteiger partial charge >= 0.3 is 0 Å². The Morgan fingerprint density at radius 1 is 1.00 bits per heavy atom. The lowest BCUT2D eigenvalue weighted by Crippen LogP contribution is -2.14. The van der Waals surface area contributed by atoms with Crippen molar-refractivity contribution in [2.24, 2.45) is 0 Å². The SMILES string of the molecule is CCCCOc1ccc(C(=O)Nc2ccc(C)c(NC(=O)CC)c2)cc1. The van der Waals surface area contributed by atoms with Crippen LogP contribution in [-0.4, -0.2) is 18.4 Å². The van der Waals surface area contributed by atoms with Crippen molar-refractivity contribution in [2.45, 2.75) is 40.0 Å². The molecule has 0 saturated carbocycles. The molecule has 2 amide bonds. The lowest BCUT2D eigenvalue weighted by molar-refractivity contribution is -0.115. The molecule has 5 heteroatoms. The van der Waals surface area contributed by atoms with Crippen LogP contribution in [0.4, 0.5) is 11.4 Å². The Kier molecular flexibility index (Phi) is 7.21. The zero-order chi connectivity index (χ0) is 18.9. The fourth-order valence-corrected chi connectivity index (χ4v) is 2.31. The fourth-order valence-electron chi connectivity index (χ4n) is 2.31. The number of carbonyl (C=O) groups excluding carboxylic acids is 2. The number of anilines is 2. The van der Waals surface area contributed by atoms with Gasteiger partial charge in [-0.25, -0.2) is 0 Å². The summed E-state index contributed by atoms with van der Waals surface area (Å²) in [6.45, 7) is 6.50. The van der Waals surface area contributed by atoms with Crippen molar-refractivity contribution >= 4 is 23.2 Å². The van der Waals surface area contributed by atoms with E-state index in [-0.39, 0.29) is 11.8 Å². The summed E-state index contributed by atoms with van der Waals surface area (Å²) in [6.07, 6.45) is 2.49. The average Bonchev–Trinajstić information content (AvgIpc) is 2.65. The topological polar surface area (TPSA) is 67.4 Å². The molecule has 0 unspecified atom stereocenters. The van der Waals surface area contributed by atoms with Gasteiger partial charge in [0.05, 0.1) is 6.61 Å². The Morgan fingerprint density at radius 3 is 2.38 bits per heavy atom. The minimum absolute atomic E-state index is 0.0600. The normalized spacial score (nSPS) is 10.3. The first-order valence-electron chi connectivity index (χ1n) is 8.98. The van der Waals surface area contributed by atoms with Crippen LogP contribution in [-0.2, 0) is 4.79 Å². The third kappa shape index (κ3) is 5.62. The second-order valence-electron chi connectivity index (χ2n) is 6.11. The van der Waals surface area contributed by atoms with Crippen molar-refractivity contribution in [3.63, 3.8) is 0 Å². The number of aryl methyl sites for hydroxylation is 1. The highest BCUT2D eigenvalue weighted by atomic mass is 16.5. The average molecular weight is 354 g/mol. The summed E-state index contributed by atoms with van der Waals surface area (Å²) in [5, 5.41) is 5.70. The van der Waals surface area contributed by atoms with Crippen LogP contribution < -0.4 is 15.4 Å². The molecule has 2 aromatic carbocycles. The first-order chi connectivity index (χ1) is 12.5. The molecule has 0 heterocycles. The highest BCUT2D eigenvalue weighted by Gasteiger charge is 2.09. The molecule has 0 atom stereocenters. The number of amides is 2. The molecular weight excluding hydrogens is 328 g/mol. The van der Waals surface area contributed by atoms with Crippen LogP contribution in [0.15, 0.2) is 42.5 Å². The maximum atomic E-state index is 12.4. The van der Waals surface area contributed by atoms with Gasteiger partial charge in [0.15, 0.2) is 0 Å². The smallest absolute Gasteiger partial charge is 0.255 e. The molecule has 0 bridgehead atoms. The second kappa shape index (κ2) is 9.61. The van der Waals surface area contributed by atoms with Gasteiger partial charge in [0.1, 0.15) is 5.75 Å². The van der Waals surface area contributed by atoms with E-state index in [1.807, 2.05) is 19.1 Å². The Hall–Kier alpha value is -2.82. The zero-order valence-electron chi connectivity index (χ0n) is 15.6. The standard InChI is InChI=1S/C21H26N2O3/c1-4-6-13-26-18-11-8-16(9-12-18)21(25)22-17-10-7-15(3)19(14-17)23-20(24)5-2/h7-12,14H,4-6,13H2,1-3H3,(H,22,25)(H,23,24). The van der Waals surface area contributed by atoms with Gasteiger partial charge in [0, 0.05) is 23.4 Å². The molecule has 0 radical (unpaired) electrons. The molecule has 0 saturated heterocycles. The Labute approximate surface area is 154 Å². The lowest BCUT2D eigenvalue weighted by Gasteiger charge is -2.11. The van der Waals surface area contributed by atoms with E-state index in [4.69, 9.17) is 4.74 Å². The largest absolute Gasteiger partial charge is 0.494 e. The van der Waals surface area contributed by atoms with Gasteiger partial charge < -0.3 is 15.4 Å². The third-order valence-electron chi connectivity index (χ3n) is 3.97. The maximum Gasteiger partial charge on any atom is 0.255 e. The van der Waals surface area contributed by atoms with Crippen LogP contribution in [0.3, 0.4) is 0 Å². The van der Waals surface area contributed by atoms with Gasteiger partial charge in [0.25, 0.3) is 5.91 Å². The first kappa shape index (κ1) is 19.5. The van der Waals surface area contributed by atoms with Gasteiger partial charge in [-0.15, -0.1) is 0 Å². The summed E-state index contributed by atoms with van der Waals surface area (Å²) in [4.78, 5) is 24.0. The Morgan fingerprint density at radius 2 is 1.73 bits per heavy atom. The van der Waals surface area contributed by atoms with Crippen LogP contribution in [0, 0.1) is 6.92 Å². The number of carbonyl (C=O) groups is 2. The second-order valence-corrected chi connectivity index (χ2v) is 6.11. The molecule has 5 nitrogen and oxygen atoms in total. The van der Waals surface area contributed by atoms with E-state index in [1.54, 1.807) is 37.3 Å². The summed E-state index contributed by atoms with van der Waals surface area (Å²) >= 11 is 0. The van der Waals surface area contributed by atoms with Crippen LogP contribution >= 0.6 is 0 Å². The third-order valence-corrected chi connectivity index (χ3v) is 3.97. The van der Waals surface area contributed by atoms with E-state index in [0.717, 1.165) is 24.2 Å². The predicted molar refractivity (Wildman–Crippen MR) is 105 cm³/mol. The van der Waals surface area contributed by atoms with Gasteiger partial charge in [-0.1, -0.05) is 26.3 Å². The minimum atomic E-state index is -0.207. The van der Waals surface area contributed by atoms with Gasteiger partial charge in [-0.3, -0.25) is 9.59 Å². The van der Waals surface area contributed by atoms with Gasteiger partial charge in [-0.2, -0.15) is 0 Å². The van der Waals surface area contributed by atoms with Crippen LogP contribution in [0.1, 0.15) is 49.0 Å². The quantitative estimate of drug-likeness (QED) is 0.671. The lowest BCUT2D eigenvalue weighted by atomic mass is 10.1. The first-order valence-corrected chi connectivity index (χ1v) is 8.98. The highest BCUT2D eigenvalue weighted by molar-refractivity contribution is 6.04. The molecule has 0 aliphatic rings.